The van der Waals surface area contributed by atoms with E-state index in [0.717, 1.165) is 12.0 Å². The second kappa shape index (κ2) is 2.61. The van der Waals surface area contributed by atoms with Gasteiger partial charge in [-0.25, -0.2) is 0 Å². The van der Waals surface area contributed by atoms with Crippen molar-refractivity contribution >= 4 is 13.0 Å². The zero-order valence-electron chi connectivity index (χ0n) is 6.77. The number of hydrogen-bond donors (Lipinski definition) is 0. The fraction of sp³-hybridized carbons (Fsp3) is 0.625. The number of carbonyl (C=O) groups excluding carboxylic acids is 1. The topological polar surface area (TPSA) is 17.1 Å². The molecule has 0 aromatic rings. The van der Waals surface area contributed by atoms with Gasteiger partial charge in [-0.3, -0.25) is 0 Å². The summed E-state index contributed by atoms with van der Waals surface area (Å²) in [5.74, 6) is 0.441. The molecule has 1 atom stereocenters. The van der Waals surface area contributed by atoms with Gasteiger partial charge < -0.3 is 4.79 Å². The highest BCUT2D eigenvalue weighted by molar-refractivity contribution is 6.78. The summed E-state index contributed by atoms with van der Waals surface area (Å²) in [5.41, 5.74) is 2.41. The van der Waals surface area contributed by atoms with Crippen LogP contribution >= 0.6 is 0 Å². The van der Waals surface area contributed by atoms with Crippen LogP contribution in [0.15, 0.2) is 11.1 Å². The Bertz CT molecular complexity index is 193. The normalized spacial score (nSPS) is 26.7. The number of rotatable bonds is 0. The second-order valence-corrected chi connectivity index (χ2v) is 3.12. The average molecular weight is 135 g/mol. The van der Waals surface area contributed by atoms with Gasteiger partial charge in [0, 0.05) is 0 Å². The van der Waals surface area contributed by atoms with Crippen molar-refractivity contribution in [3.8, 4) is 0 Å². The van der Waals surface area contributed by atoms with Gasteiger partial charge in [0.2, 0.25) is 7.28 Å². The van der Waals surface area contributed by atoms with E-state index in [9.17, 15) is 4.79 Å². The Balaban J connectivity index is 2.85. The Morgan fingerprint density at radius 1 is 1.50 bits per heavy atom. The van der Waals surface area contributed by atoms with E-state index in [1.165, 1.54) is 5.57 Å². The van der Waals surface area contributed by atoms with Gasteiger partial charge in [-0.2, -0.15) is 0 Å². The smallest absolute Gasteiger partial charge is 0.212 e. The van der Waals surface area contributed by atoms with Crippen LogP contribution in [0.25, 0.3) is 0 Å². The summed E-state index contributed by atoms with van der Waals surface area (Å²) in [6.45, 7) is 6.02. The fourth-order valence-corrected chi connectivity index (χ4v) is 1.29. The van der Waals surface area contributed by atoms with E-state index in [1.807, 2.05) is 21.1 Å². The number of hydrogen-bond acceptors (Lipinski definition) is 1. The van der Waals surface area contributed by atoms with Crippen LogP contribution in [0.4, 0.5) is 0 Å². The van der Waals surface area contributed by atoms with Crippen molar-refractivity contribution in [1.82, 2.24) is 0 Å². The molecule has 0 aliphatic carbocycles. The summed E-state index contributed by atoms with van der Waals surface area (Å²) >= 11 is 0. The summed E-state index contributed by atoms with van der Waals surface area (Å²) in [6, 6.07) is 0. The van der Waals surface area contributed by atoms with Gasteiger partial charge in [-0.1, -0.05) is 18.3 Å². The van der Waals surface area contributed by atoms with E-state index in [1.54, 1.807) is 0 Å². The first-order valence-electron chi connectivity index (χ1n) is 3.67. The first-order valence-corrected chi connectivity index (χ1v) is 3.67. The predicted octanol–water partition coefficient (Wildman–Crippen LogP) is 1.77. The third kappa shape index (κ3) is 1.31. The highest BCUT2D eigenvalue weighted by atomic mass is 16.1. The first kappa shape index (κ1) is 7.58. The van der Waals surface area contributed by atoms with Crippen molar-refractivity contribution in [3.05, 3.63) is 11.1 Å². The van der Waals surface area contributed by atoms with Gasteiger partial charge in [0.25, 0.3) is 0 Å². The second-order valence-electron chi connectivity index (χ2n) is 3.12. The molecule has 0 fully saturated rings. The molecule has 0 aromatic carbocycles. The lowest BCUT2D eigenvalue weighted by molar-refractivity contribution is -0.109. The van der Waals surface area contributed by atoms with E-state index in [2.05, 4.69) is 6.92 Å². The number of carbonyl (C=O) groups is 1. The van der Waals surface area contributed by atoms with Gasteiger partial charge in [0.1, 0.15) is 5.68 Å². The van der Waals surface area contributed by atoms with Gasteiger partial charge >= 0.3 is 0 Å². The first-order chi connectivity index (χ1) is 4.61. The average Bonchev–Trinajstić information content (AvgIpc) is 1.82. The number of allylic oxidation sites excluding steroid dienone is 2. The largest absolute Gasteiger partial charge is 0.307 e. The van der Waals surface area contributed by atoms with Crippen LogP contribution in [0.1, 0.15) is 27.2 Å². The standard InChI is InChI=1S/C8H12BO/c1-5-4-6(2)9-8(10)7(5)3/h6H,4H2,1-3H3. The molecule has 53 valence electrons. The third-order valence-corrected chi connectivity index (χ3v) is 2.07. The molecule has 1 aliphatic heterocycles. The summed E-state index contributed by atoms with van der Waals surface area (Å²) in [5, 5.41) is 0. The van der Waals surface area contributed by atoms with Crippen molar-refractivity contribution in [3.63, 3.8) is 0 Å². The van der Waals surface area contributed by atoms with Crippen molar-refractivity contribution in [2.45, 2.75) is 33.0 Å². The molecule has 0 aromatic heterocycles. The molecule has 1 unspecified atom stereocenters. The van der Waals surface area contributed by atoms with Gasteiger partial charge in [0.15, 0.2) is 0 Å². The van der Waals surface area contributed by atoms with Crippen molar-refractivity contribution in [2.75, 3.05) is 0 Å². The molecule has 0 amide bonds. The van der Waals surface area contributed by atoms with E-state index in [4.69, 9.17) is 0 Å². The molecule has 1 radical (unpaired) electrons. The Labute approximate surface area is 62.7 Å². The van der Waals surface area contributed by atoms with Gasteiger partial charge in [-0.15, -0.1) is 0 Å². The zero-order valence-corrected chi connectivity index (χ0v) is 6.77. The monoisotopic (exact) mass is 135 g/mol. The van der Waals surface area contributed by atoms with Crippen LogP contribution in [-0.4, -0.2) is 13.0 Å². The van der Waals surface area contributed by atoms with Crippen LogP contribution in [0.5, 0.6) is 0 Å². The maximum Gasteiger partial charge on any atom is 0.212 e. The predicted molar refractivity (Wildman–Crippen MR) is 43.2 cm³/mol. The fourth-order valence-electron chi connectivity index (χ4n) is 1.29. The minimum atomic E-state index is 0.219. The van der Waals surface area contributed by atoms with Crippen molar-refractivity contribution in [1.29, 1.82) is 0 Å². The van der Waals surface area contributed by atoms with E-state index in [0.29, 0.717) is 5.82 Å². The van der Waals surface area contributed by atoms with Crippen LogP contribution < -0.4 is 0 Å². The SMILES string of the molecule is CC1=C(C)C(=O)[B]C(C)C1. The minimum absolute atomic E-state index is 0.219. The molecule has 1 heterocycles. The zero-order chi connectivity index (χ0) is 7.72. The third-order valence-electron chi connectivity index (χ3n) is 2.07. The van der Waals surface area contributed by atoms with Crippen molar-refractivity contribution < 1.29 is 4.79 Å². The Hall–Kier alpha value is -0.525. The maximum absolute atomic E-state index is 11.1. The summed E-state index contributed by atoms with van der Waals surface area (Å²) in [7, 11) is 1.81. The lowest BCUT2D eigenvalue weighted by Crippen LogP contribution is -2.21. The summed E-state index contributed by atoms with van der Waals surface area (Å²) in [6.07, 6.45) is 1.05. The van der Waals surface area contributed by atoms with E-state index >= 15 is 0 Å². The summed E-state index contributed by atoms with van der Waals surface area (Å²) in [4.78, 5) is 11.1. The Morgan fingerprint density at radius 3 is 2.60 bits per heavy atom. The van der Waals surface area contributed by atoms with Gasteiger partial charge in [0.05, 0.1) is 0 Å². The molecule has 0 N–H and O–H groups in total. The van der Waals surface area contributed by atoms with E-state index in [-0.39, 0.29) is 5.68 Å². The highest BCUT2D eigenvalue weighted by Crippen LogP contribution is 2.24. The molecule has 2 heteroatoms. The van der Waals surface area contributed by atoms with Crippen molar-refractivity contribution in [2.24, 2.45) is 0 Å². The van der Waals surface area contributed by atoms with Gasteiger partial charge in [-0.05, 0) is 25.8 Å². The highest BCUT2D eigenvalue weighted by Gasteiger charge is 2.20. The molecule has 0 saturated heterocycles. The Kier molecular flexibility index (Phi) is 1.98. The van der Waals surface area contributed by atoms with Crippen LogP contribution in [0.2, 0.25) is 5.82 Å². The van der Waals surface area contributed by atoms with Crippen LogP contribution in [0.3, 0.4) is 0 Å². The quantitative estimate of drug-likeness (QED) is 0.462. The molecule has 0 spiro atoms. The molecular weight excluding hydrogens is 123 g/mol. The molecule has 0 bridgehead atoms. The van der Waals surface area contributed by atoms with E-state index < -0.39 is 0 Å². The lowest BCUT2D eigenvalue weighted by atomic mass is 9.54. The molecule has 10 heavy (non-hydrogen) atoms. The lowest BCUT2D eigenvalue weighted by Gasteiger charge is -2.18. The molecule has 1 nitrogen and oxygen atoms in total. The summed E-state index contributed by atoms with van der Waals surface area (Å²) < 4.78 is 0. The molecule has 1 aliphatic rings. The van der Waals surface area contributed by atoms with Crippen LogP contribution in [0, 0.1) is 0 Å². The maximum atomic E-state index is 11.1. The Morgan fingerprint density at radius 2 is 2.10 bits per heavy atom. The van der Waals surface area contributed by atoms with Crippen LogP contribution in [-0.2, 0) is 4.79 Å². The molecule has 0 saturated carbocycles. The molecule has 1 rings (SSSR count). The minimum Gasteiger partial charge on any atom is -0.307 e. The molecular formula is C8H12BO.